The lowest BCUT2D eigenvalue weighted by Gasteiger charge is -2.18. The number of hydrogen-bond acceptors (Lipinski definition) is 3. The summed E-state index contributed by atoms with van der Waals surface area (Å²) < 4.78 is 1.29. The van der Waals surface area contributed by atoms with Gasteiger partial charge in [-0.2, -0.15) is 0 Å². The highest BCUT2D eigenvalue weighted by Gasteiger charge is 2.31. The highest BCUT2D eigenvalue weighted by Crippen LogP contribution is 2.28. The molecule has 22 heavy (non-hydrogen) atoms. The lowest BCUT2D eigenvalue weighted by molar-refractivity contribution is -0.117. The molecule has 1 aliphatic heterocycles. The van der Waals surface area contributed by atoms with Crippen molar-refractivity contribution < 1.29 is 9.90 Å². The van der Waals surface area contributed by atoms with E-state index < -0.39 is 5.56 Å². The number of pyridine rings is 1. The van der Waals surface area contributed by atoms with Crippen LogP contribution in [0.4, 0.5) is 5.69 Å². The van der Waals surface area contributed by atoms with Gasteiger partial charge in [0.05, 0.1) is 5.69 Å². The normalized spacial score (nSPS) is 18.0. The van der Waals surface area contributed by atoms with Crippen molar-refractivity contribution in [2.24, 2.45) is 13.0 Å². The van der Waals surface area contributed by atoms with E-state index in [-0.39, 0.29) is 17.6 Å². The largest absolute Gasteiger partial charge is 0.503 e. The number of hydrogen-bond donors (Lipinski definition) is 1. The summed E-state index contributed by atoms with van der Waals surface area (Å²) in [5.41, 5.74) is 1.32. The fourth-order valence-corrected chi connectivity index (χ4v) is 2.94. The molecule has 114 valence electrons. The maximum atomic E-state index is 12.2. The number of benzene rings is 1. The van der Waals surface area contributed by atoms with E-state index in [2.05, 4.69) is 12.1 Å². The number of anilines is 1. The Bertz CT molecular complexity index is 726. The van der Waals surface area contributed by atoms with E-state index in [4.69, 9.17) is 0 Å². The topological polar surface area (TPSA) is 62.5 Å². The Hall–Kier alpha value is -2.56. The molecule has 2 heterocycles. The van der Waals surface area contributed by atoms with Crippen molar-refractivity contribution in [2.75, 3.05) is 11.4 Å². The molecule has 1 aromatic carbocycles. The summed E-state index contributed by atoms with van der Waals surface area (Å²) in [6.07, 6.45) is 2.92. The molecule has 0 spiro atoms. The van der Waals surface area contributed by atoms with Crippen molar-refractivity contribution >= 4 is 11.6 Å². The van der Waals surface area contributed by atoms with E-state index in [1.165, 1.54) is 16.2 Å². The molecule has 1 aliphatic rings. The van der Waals surface area contributed by atoms with E-state index in [1.54, 1.807) is 18.1 Å². The predicted octanol–water partition coefficient (Wildman–Crippen LogP) is 1.69. The van der Waals surface area contributed by atoms with E-state index in [1.807, 2.05) is 18.2 Å². The van der Waals surface area contributed by atoms with Gasteiger partial charge in [0.25, 0.3) is 5.56 Å². The maximum Gasteiger partial charge on any atom is 0.292 e. The summed E-state index contributed by atoms with van der Waals surface area (Å²) in [7, 11) is 1.56. The molecule has 0 saturated carbocycles. The molecule has 1 atom stereocenters. The highest BCUT2D eigenvalue weighted by atomic mass is 16.3. The van der Waals surface area contributed by atoms with Crippen molar-refractivity contribution in [2.45, 2.75) is 12.8 Å². The van der Waals surface area contributed by atoms with Crippen LogP contribution < -0.4 is 10.5 Å². The smallest absolute Gasteiger partial charge is 0.292 e. The minimum atomic E-state index is -0.462. The zero-order valence-corrected chi connectivity index (χ0v) is 12.4. The lowest BCUT2D eigenvalue weighted by Crippen LogP contribution is -2.27. The van der Waals surface area contributed by atoms with Crippen LogP contribution in [0.5, 0.6) is 5.75 Å². The first-order valence-corrected chi connectivity index (χ1v) is 7.28. The summed E-state index contributed by atoms with van der Waals surface area (Å²) in [6, 6.07) is 11.5. The van der Waals surface area contributed by atoms with Crippen LogP contribution in [0, 0.1) is 5.92 Å². The van der Waals surface area contributed by atoms with Gasteiger partial charge >= 0.3 is 0 Å². The minimum Gasteiger partial charge on any atom is -0.503 e. The molecule has 1 aromatic heterocycles. The number of aryl methyl sites for hydroxylation is 1. The van der Waals surface area contributed by atoms with Gasteiger partial charge in [-0.25, -0.2) is 0 Å². The Morgan fingerprint density at radius 2 is 1.95 bits per heavy atom. The first-order chi connectivity index (χ1) is 10.5. The monoisotopic (exact) mass is 298 g/mol. The Labute approximate surface area is 128 Å². The van der Waals surface area contributed by atoms with Gasteiger partial charge in [-0.15, -0.1) is 0 Å². The fourth-order valence-electron chi connectivity index (χ4n) is 2.94. The standard InChI is InChI=1S/C17H18N2O3/c1-18-11-14(9-15(20)17(18)22)19-10-13(8-16(19)21)7-12-5-3-2-4-6-12/h2-6,9,11,13,20H,7-8,10H2,1H3. The second kappa shape index (κ2) is 5.67. The third-order valence-electron chi connectivity index (χ3n) is 4.03. The van der Waals surface area contributed by atoms with Gasteiger partial charge in [0, 0.05) is 32.3 Å². The first kappa shape index (κ1) is 14.4. The van der Waals surface area contributed by atoms with Crippen LogP contribution in [0.25, 0.3) is 0 Å². The lowest BCUT2D eigenvalue weighted by atomic mass is 9.99. The summed E-state index contributed by atoms with van der Waals surface area (Å²) in [5, 5.41) is 9.66. The van der Waals surface area contributed by atoms with Gasteiger partial charge in [0.1, 0.15) is 0 Å². The summed E-state index contributed by atoms with van der Waals surface area (Å²) in [4.78, 5) is 25.4. The minimum absolute atomic E-state index is 0.0268. The first-order valence-electron chi connectivity index (χ1n) is 7.28. The van der Waals surface area contributed by atoms with Gasteiger partial charge in [-0.05, 0) is 17.9 Å². The third kappa shape index (κ3) is 2.74. The Morgan fingerprint density at radius 3 is 2.64 bits per heavy atom. The number of amides is 1. The van der Waals surface area contributed by atoms with E-state index >= 15 is 0 Å². The van der Waals surface area contributed by atoms with Crippen LogP contribution in [0.3, 0.4) is 0 Å². The van der Waals surface area contributed by atoms with Crippen LogP contribution in [-0.2, 0) is 18.3 Å². The molecule has 0 radical (unpaired) electrons. The molecule has 5 heteroatoms. The van der Waals surface area contributed by atoms with Gasteiger partial charge in [0.15, 0.2) is 5.75 Å². The van der Waals surface area contributed by atoms with Crippen molar-refractivity contribution in [1.29, 1.82) is 0 Å². The van der Waals surface area contributed by atoms with E-state index in [0.717, 1.165) is 6.42 Å². The molecule has 1 N–H and O–H groups in total. The number of nitrogens with zero attached hydrogens (tertiary/aromatic N) is 2. The molecule has 3 rings (SSSR count). The molecule has 0 bridgehead atoms. The average molecular weight is 298 g/mol. The Morgan fingerprint density at radius 1 is 1.23 bits per heavy atom. The molecule has 1 saturated heterocycles. The van der Waals surface area contributed by atoms with Crippen molar-refractivity contribution in [1.82, 2.24) is 4.57 Å². The molecule has 5 nitrogen and oxygen atoms in total. The number of aromatic nitrogens is 1. The van der Waals surface area contributed by atoms with Crippen LogP contribution in [0.15, 0.2) is 47.4 Å². The molecular formula is C17H18N2O3. The Kier molecular flexibility index (Phi) is 3.71. The van der Waals surface area contributed by atoms with Crippen LogP contribution in [0.2, 0.25) is 0 Å². The number of aromatic hydroxyl groups is 1. The molecule has 1 unspecified atom stereocenters. The van der Waals surface area contributed by atoms with Crippen molar-refractivity contribution in [3.63, 3.8) is 0 Å². The Balaban J connectivity index is 1.79. The summed E-state index contributed by atoms with van der Waals surface area (Å²) in [6.45, 7) is 0.603. The SMILES string of the molecule is Cn1cc(N2CC(Cc3ccccc3)CC2=O)cc(O)c1=O. The number of carbonyl (C=O) groups excluding carboxylic acids is 1. The van der Waals surface area contributed by atoms with Crippen molar-refractivity contribution in [3.8, 4) is 5.75 Å². The number of carbonyl (C=O) groups is 1. The van der Waals surface area contributed by atoms with Crippen LogP contribution in [-0.4, -0.2) is 22.1 Å². The van der Waals surface area contributed by atoms with Gasteiger partial charge in [0.2, 0.25) is 5.91 Å². The predicted molar refractivity (Wildman–Crippen MR) is 84.0 cm³/mol. The zero-order chi connectivity index (χ0) is 15.7. The molecule has 1 fully saturated rings. The molecule has 2 aromatic rings. The second-order valence-corrected chi connectivity index (χ2v) is 5.76. The average Bonchev–Trinajstić information content (AvgIpc) is 2.86. The third-order valence-corrected chi connectivity index (χ3v) is 4.03. The second-order valence-electron chi connectivity index (χ2n) is 5.76. The molecule has 1 amide bonds. The van der Waals surface area contributed by atoms with Gasteiger partial charge < -0.3 is 14.6 Å². The van der Waals surface area contributed by atoms with Crippen LogP contribution in [0.1, 0.15) is 12.0 Å². The van der Waals surface area contributed by atoms with Gasteiger partial charge in [-0.1, -0.05) is 30.3 Å². The van der Waals surface area contributed by atoms with E-state index in [0.29, 0.717) is 18.7 Å². The zero-order valence-electron chi connectivity index (χ0n) is 12.4. The quantitative estimate of drug-likeness (QED) is 0.938. The fraction of sp³-hybridized carbons (Fsp3) is 0.294. The summed E-state index contributed by atoms with van der Waals surface area (Å²) in [5.74, 6) is -0.0624. The van der Waals surface area contributed by atoms with E-state index in [9.17, 15) is 14.7 Å². The summed E-state index contributed by atoms with van der Waals surface area (Å²) >= 11 is 0. The molecular weight excluding hydrogens is 280 g/mol. The van der Waals surface area contributed by atoms with Gasteiger partial charge in [-0.3, -0.25) is 9.59 Å². The molecule has 0 aliphatic carbocycles. The highest BCUT2D eigenvalue weighted by molar-refractivity contribution is 5.95. The van der Waals surface area contributed by atoms with Crippen LogP contribution >= 0.6 is 0 Å². The van der Waals surface area contributed by atoms with Crippen molar-refractivity contribution in [3.05, 3.63) is 58.5 Å². The maximum absolute atomic E-state index is 12.2. The number of rotatable bonds is 3.